The number of anilines is 1. The number of benzene rings is 1. The van der Waals surface area contributed by atoms with E-state index in [1.807, 2.05) is 0 Å². The number of nitrogens with one attached hydrogen (secondary N) is 1. The summed E-state index contributed by atoms with van der Waals surface area (Å²) in [4.78, 5) is 17.7. The summed E-state index contributed by atoms with van der Waals surface area (Å²) >= 11 is 1.24. The quantitative estimate of drug-likeness (QED) is 0.784. The zero-order valence-corrected chi connectivity index (χ0v) is 15.5. The topological polar surface area (TPSA) is 42.0 Å². The van der Waals surface area contributed by atoms with Crippen molar-refractivity contribution in [3.05, 3.63) is 24.0 Å². The van der Waals surface area contributed by atoms with Gasteiger partial charge in [0, 0.05) is 0 Å². The minimum Gasteiger partial charge on any atom is -0.301 e. The van der Waals surface area contributed by atoms with Crippen LogP contribution in [0.15, 0.2) is 18.2 Å². The van der Waals surface area contributed by atoms with Crippen LogP contribution in [0.2, 0.25) is 0 Å². The smallest absolute Gasteiger partial charge is 0.232 e. The molecule has 4 fully saturated rings. The average Bonchev–Trinajstić information content (AvgIpc) is 2.87. The maximum atomic E-state index is 13.9. The van der Waals surface area contributed by atoms with Crippen molar-refractivity contribution in [3.8, 4) is 0 Å². The summed E-state index contributed by atoms with van der Waals surface area (Å²) in [5.41, 5.74) is 0.945. The number of hydrogen-bond donors (Lipinski definition) is 1. The molecule has 2 unspecified atom stereocenters. The number of hydrogen-bond acceptors (Lipinski definition) is 3. The van der Waals surface area contributed by atoms with Crippen LogP contribution in [0.25, 0.3) is 10.2 Å². The standard InChI is InChI=1S/C20H23FN2OS/c1-18-6-12-7-19(2,9-18)11-20(8-12,10-18)16(24)23-17-22-14-5-3-4-13(21)15(14)25-17/h3-5,12H,6-11H2,1-2H3,(H,22,23,24). The Kier molecular flexibility index (Phi) is 3.03. The molecule has 4 aliphatic rings. The van der Waals surface area contributed by atoms with Gasteiger partial charge in [-0.15, -0.1) is 0 Å². The molecule has 4 saturated carbocycles. The highest BCUT2D eigenvalue weighted by Gasteiger charge is 2.62. The molecule has 0 spiro atoms. The molecule has 3 nitrogen and oxygen atoms in total. The van der Waals surface area contributed by atoms with Crippen LogP contribution >= 0.6 is 11.3 Å². The highest BCUT2D eigenvalue weighted by atomic mass is 32.1. The lowest BCUT2D eigenvalue weighted by molar-refractivity contribution is -0.165. The molecule has 4 aliphatic carbocycles. The van der Waals surface area contributed by atoms with Crippen LogP contribution in [0.5, 0.6) is 0 Å². The summed E-state index contributed by atoms with van der Waals surface area (Å²) in [6, 6.07) is 4.88. The molecule has 2 atom stereocenters. The Bertz CT molecular complexity index is 873. The lowest BCUT2D eigenvalue weighted by Crippen LogP contribution is -2.58. The molecule has 25 heavy (non-hydrogen) atoms. The van der Waals surface area contributed by atoms with Crippen LogP contribution in [-0.2, 0) is 4.79 Å². The minimum atomic E-state index is -0.273. The molecule has 2 aromatic rings. The number of amides is 1. The molecular weight excluding hydrogens is 335 g/mol. The van der Waals surface area contributed by atoms with E-state index in [0.29, 0.717) is 32.1 Å². The number of carbonyl (C=O) groups is 1. The number of aromatic nitrogens is 1. The first kappa shape index (κ1) is 15.7. The molecule has 1 aromatic heterocycles. The predicted molar refractivity (Wildman–Crippen MR) is 98.0 cm³/mol. The summed E-state index contributed by atoms with van der Waals surface area (Å²) in [5.74, 6) is 0.503. The van der Waals surface area contributed by atoms with Crippen molar-refractivity contribution in [2.45, 2.75) is 52.4 Å². The maximum absolute atomic E-state index is 13.9. The molecule has 1 aromatic carbocycles. The molecule has 132 valence electrons. The second-order valence-corrected chi connectivity index (χ2v) is 10.5. The van der Waals surface area contributed by atoms with E-state index in [1.165, 1.54) is 36.7 Å². The minimum absolute atomic E-state index is 0.105. The molecule has 5 heteroatoms. The molecule has 0 radical (unpaired) electrons. The Morgan fingerprint density at radius 1 is 1.20 bits per heavy atom. The Morgan fingerprint density at radius 3 is 2.56 bits per heavy atom. The van der Waals surface area contributed by atoms with Crippen LogP contribution in [0, 0.1) is 28.0 Å². The van der Waals surface area contributed by atoms with Gasteiger partial charge in [0.25, 0.3) is 0 Å². The molecule has 0 aliphatic heterocycles. The molecule has 0 saturated heterocycles. The monoisotopic (exact) mass is 358 g/mol. The van der Waals surface area contributed by atoms with E-state index in [4.69, 9.17) is 0 Å². The molecule has 6 rings (SSSR count). The number of thiazole rings is 1. The molecular formula is C20H23FN2OS. The van der Waals surface area contributed by atoms with Crippen LogP contribution in [0.3, 0.4) is 0 Å². The third kappa shape index (κ3) is 2.35. The first-order valence-corrected chi connectivity index (χ1v) is 9.97. The highest BCUT2D eigenvalue weighted by Crippen LogP contribution is 2.69. The van der Waals surface area contributed by atoms with Gasteiger partial charge in [0.15, 0.2) is 5.13 Å². The van der Waals surface area contributed by atoms with Crippen molar-refractivity contribution in [3.63, 3.8) is 0 Å². The van der Waals surface area contributed by atoms with E-state index in [0.717, 1.165) is 19.3 Å². The first-order chi connectivity index (χ1) is 11.8. The SMILES string of the molecule is CC12CC3CC(C)(C1)CC(C(=O)Nc1nc4cccc(F)c4s1)(C3)C2. The van der Waals surface area contributed by atoms with Gasteiger partial charge >= 0.3 is 0 Å². The van der Waals surface area contributed by atoms with Gasteiger partial charge in [-0.25, -0.2) is 9.37 Å². The van der Waals surface area contributed by atoms with Crippen molar-refractivity contribution < 1.29 is 9.18 Å². The predicted octanol–water partition coefficient (Wildman–Crippen LogP) is 5.37. The van der Waals surface area contributed by atoms with Crippen molar-refractivity contribution in [1.29, 1.82) is 0 Å². The summed E-state index contributed by atoms with van der Waals surface area (Å²) < 4.78 is 14.4. The summed E-state index contributed by atoms with van der Waals surface area (Å²) in [6.45, 7) is 4.73. The molecule has 1 heterocycles. The maximum Gasteiger partial charge on any atom is 0.232 e. The fourth-order valence-corrected chi connectivity index (χ4v) is 7.76. The average molecular weight is 358 g/mol. The van der Waals surface area contributed by atoms with Crippen LogP contribution in [-0.4, -0.2) is 10.9 Å². The number of nitrogens with zero attached hydrogens (tertiary/aromatic N) is 1. The Morgan fingerprint density at radius 2 is 1.92 bits per heavy atom. The van der Waals surface area contributed by atoms with Crippen molar-refractivity contribution in [2.75, 3.05) is 5.32 Å². The fraction of sp³-hybridized carbons (Fsp3) is 0.600. The van der Waals surface area contributed by atoms with E-state index < -0.39 is 0 Å². The third-order valence-electron chi connectivity index (χ3n) is 6.70. The summed E-state index contributed by atoms with van der Waals surface area (Å²) in [6.07, 6.45) is 6.75. The molecule has 1 amide bonds. The highest BCUT2D eigenvalue weighted by molar-refractivity contribution is 7.22. The van der Waals surface area contributed by atoms with E-state index in [2.05, 4.69) is 24.1 Å². The Balaban J connectivity index is 1.46. The number of carbonyl (C=O) groups excluding carboxylic acids is 1. The zero-order valence-electron chi connectivity index (χ0n) is 14.7. The normalized spacial score (nSPS) is 39.1. The van der Waals surface area contributed by atoms with Gasteiger partial charge in [-0.2, -0.15) is 0 Å². The second kappa shape index (κ2) is 4.81. The lowest BCUT2D eigenvalue weighted by Gasteiger charge is -2.64. The summed E-state index contributed by atoms with van der Waals surface area (Å²) in [5, 5.41) is 3.58. The second-order valence-electron chi connectivity index (χ2n) is 9.47. The van der Waals surface area contributed by atoms with Gasteiger partial charge in [0.2, 0.25) is 5.91 Å². The van der Waals surface area contributed by atoms with Gasteiger partial charge in [0.05, 0.1) is 15.6 Å². The molecule has 1 N–H and O–H groups in total. The van der Waals surface area contributed by atoms with Gasteiger partial charge in [0.1, 0.15) is 5.82 Å². The fourth-order valence-electron chi connectivity index (χ4n) is 6.90. The van der Waals surface area contributed by atoms with E-state index in [-0.39, 0.29) is 17.1 Å². The van der Waals surface area contributed by atoms with E-state index in [1.54, 1.807) is 12.1 Å². The van der Waals surface area contributed by atoms with Gasteiger partial charge < -0.3 is 5.32 Å². The lowest BCUT2D eigenvalue weighted by atomic mass is 9.40. The van der Waals surface area contributed by atoms with Gasteiger partial charge in [-0.1, -0.05) is 31.3 Å². The zero-order chi connectivity index (χ0) is 17.4. The Labute approximate surface area is 151 Å². The number of halogens is 1. The van der Waals surface area contributed by atoms with Crippen molar-refractivity contribution >= 4 is 32.6 Å². The van der Waals surface area contributed by atoms with Crippen LogP contribution in [0.4, 0.5) is 9.52 Å². The van der Waals surface area contributed by atoms with Crippen molar-refractivity contribution in [1.82, 2.24) is 4.98 Å². The molecule has 4 bridgehead atoms. The van der Waals surface area contributed by atoms with E-state index in [9.17, 15) is 9.18 Å². The first-order valence-electron chi connectivity index (χ1n) is 9.15. The van der Waals surface area contributed by atoms with E-state index >= 15 is 0 Å². The largest absolute Gasteiger partial charge is 0.301 e. The Hall–Kier alpha value is -1.49. The van der Waals surface area contributed by atoms with Gasteiger partial charge in [-0.05, 0) is 67.4 Å². The third-order valence-corrected chi connectivity index (χ3v) is 7.69. The van der Waals surface area contributed by atoms with Crippen molar-refractivity contribution in [2.24, 2.45) is 22.2 Å². The van der Waals surface area contributed by atoms with Gasteiger partial charge in [-0.3, -0.25) is 4.79 Å². The van der Waals surface area contributed by atoms with Crippen LogP contribution in [0.1, 0.15) is 52.4 Å². The van der Waals surface area contributed by atoms with Crippen LogP contribution < -0.4 is 5.32 Å². The summed E-state index contributed by atoms with van der Waals surface area (Å²) in [7, 11) is 0. The number of rotatable bonds is 2. The number of fused-ring (bicyclic) bond motifs is 1.